The third kappa shape index (κ3) is 3.81. The van der Waals surface area contributed by atoms with E-state index in [-0.39, 0.29) is 24.0 Å². The first-order valence-corrected chi connectivity index (χ1v) is 8.61. The molecule has 2 aliphatic rings. The molecule has 3 rings (SSSR count). The minimum Gasteiger partial charge on any atom is -0.373 e. The Morgan fingerprint density at radius 2 is 2.14 bits per heavy atom. The molecule has 1 amide bonds. The number of ether oxygens (including phenoxy) is 1. The lowest BCUT2D eigenvalue weighted by Gasteiger charge is -2.34. The van der Waals surface area contributed by atoms with E-state index in [1.165, 1.54) is 17.8 Å². The Labute approximate surface area is 129 Å². The van der Waals surface area contributed by atoms with Gasteiger partial charge in [-0.1, -0.05) is 6.42 Å². The molecule has 0 unspecified atom stereocenters. The van der Waals surface area contributed by atoms with E-state index in [0.29, 0.717) is 0 Å². The molecule has 0 bridgehead atoms. The van der Waals surface area contributed by atoms with Gasteiger partial charge in [-0.05, 0) is 26.7 Å². The monoisotopic (exact) mass is 309 g/mol. The van der Waals surface area contributed by atoms with E-state index in [9.17, 15) is 4.79 Å². The lowest BCUT2D eigenvalue weighted by Crippen LogP contribution is -2.44. The Balaban J connectivity index is 1.53. The maximum Gasteiger partial charge on any atom is 0.229 e. The van der Waals surface area contributed by atoms with Crippen LogP contribution in [0.2, 0.25) is 0 Å². The van der Waals surface area contributed by atoms with Gasteiger partial charge in [-0.3, -0.25) is 9.69 Å². The predicted molar refractivity (Wildman–Crippen MR) is 83.4 cm³/mol. The van der Waals surface area contributed by atoms with Crippen molar-refractivity contribution >= 4 is 22.4 Å². The van der Waals surface area contributed by atoms with E-state index in [1.807, 2.05) is 5.38 Å². The number of carbonyl (C=O) groups excluding carboxylic acids is 1. The van der Waals surface area contributed by atoms with E-state index in [0.717, 1.165) is 43.3 Å². The number of nitrogens with one attached hydrogen (secondary N) is 1. The molecule has 1 aromatic rings. The Kier molecular flexibility index (Phi) is 4.57. The van der Waals surface area contributed by atoms with Crippen molar-refractivity contribution in [2.75, 3.05) is 18.4 Å². The fourth-order valence-electron chi connectivity index (χ4n) is 2.96. The molecule has 1 aromatic heterocycles. The number of amides is 1. The van der Waals surface area contributed by atoms with E-state index < -0.39 is 0 Å². The smallest absolute Gasteiger partial charge is 0.229 e. The summed E-state index contributed by atoms with van der Waals surface area (Å²) < 4.78 is 5.74. The topological polar surface area (TPSA) is 54.5 Å². The molecule has 1 saturated heterocycles. The normalized spacial score (nSPS) is 27.3. The summed E-state index contributed by atoms with van der Waals surface area (Å²) in [6.45, 7) is 6.91. The molecule has 0 aromatic carbocycles. The molecule has 1 aliphatic heterocycles. The average Bonchev–Trinajstić information content (AvgIpc) is 2.72. The minimum atomic E-state index is 0.135. The van der Waals surface area contributed by atoms with Gasteiger partial charge in [0, 0.05) is 30.9 Å². The molecule has 5 nitrogen and oxygen atoms in total. The van der Waals surface area contributed by atoms with Crippen molar-refractivity contribution in [3.05, 3.63) is 11.1 Å². The summed E-state index contributed by atoms with van der Waals surface area (Å²) in [6, 6.07) is 0. The highest BCUT2D eigenvalue weighted by Gasteiger charge is 2.26. The zero-order valence-corrected chi connectivity index (χ0v) is 13.5. The number of anilines is 1. The first-order chi connectivity index (χ1) is 10.1. The molecule has 2 atom stereocenters. The molecule has 0 spiro atoms. The SMILES string of the molecule is C[C@@H]1CN(Cc2csc(NC(=O)C3CCC3)n2)C[C@@H](C)O1. The van der Waals surface area contributed by atoms with Crippen LogP contribution < -0.4 is 5.32 Å². The minimum absolute atomic E-state index is 0.135. The predicted octanol–water partition coefficient (Wildman–Crippen LogP) is 2.49. The maximum absolute atomic E-state index is 11.9. The fourth-order valence-corrected chi connectivity index (χ4v) is 3.66. The molecule has 2 fully saturated rings. The standard InChI is InChI=1S/C15H23N3O2S/c1-10-6-18(7-11(2)20-10)8-13-9-21-15(16-13)17-14(19)12-4-3-5-12/h9-12H,3-8H2,1-2H3,(H,16,17,19)/t10-,11-/m1/s1. The van der Waals surface area contributed by atoms with Crippen LogP contribution in [0, 0.1) is 5.92 Å². The highest BCUT2D eigenvalue weighted by molar-refractivity contribution is 7.13. The quantitative estimate of drug-likeness (QED) is 0.928. The van der Waals surface area contributed by atoms with Crippen molar-refractivity contribution in [2.45, 2.75) is 51.9 Å². The number of hydrogen-bond acceptors (Lipinski definition) is 5. The van der Waals surface area contributed by atoms with Crippen LogP contribution in [-0.4, -0.2) is 41.1 Å². The van der Waals surface area contributed by atoms with Gasteiger partial charge in [0.05, 0.1) is 17.9 Å². The molecule has 1 saturated carbocycles. The van der Waals surface area contributed by atoms with Gasteiger partial charge in [0.2, 0.25) is 5.91 Å². The molecule has 1 N–H and O–H groups in total. The van der Waals surface area contributed by atoms with E-state index in [2.05, 4.69) is 29.0 Å². The number of rotatable bonds is 4. The third-order valence-corrected chi connectivity index (χ3v) is 4.95. The highest BCUT2D eigenvalue weighted by Crippen LogP contribution is 2.28. The second-order valence-electron chi connectivity index (χ2n) is 6.21. The summed E-state index contributed by atoms with van der Waals surface area (Å²) in [5.41, 5.74) is 1.03. The fraction of sp³-hybridized carbons (Fsp3) is 0.733. The number of morpholine rings is 1. The number of carbonyl (C=O) groups is 1. The second kappa shape index (κ2) is 6.42. The summed E-state index contributed by atoms with van der Waals surface area (Å²) >= 11 is 1.52. The molecule has 2 heterocycles. The molecule has 6 heteroatoms. The molecule has 21 heavy (non-hydrogen) atoms. The Bertz CT molecular complexity index is 491. The summed E-state index contributed by atoms with van der Waals surface area (Å²) in [6.07, 6.45) is 3.76. The van der Waals surface area contributed by atoms with Gasteiger partial charge in [-0.2, -0.15) is 0 Å². The number of hydrogen-bond donors (Lipinski definition) is 1. The first kappa shape index (κ1) is 14.9. The van der Waals surface area contributed by atoms with Crippen LogP contribution in [0.5, 0.6) is 0 Å². The van der Waals surface area contributed by atoms with Crippen LogP contribution in [0.25, 0.3) is 0 Å². The molecule has 0 radical (unpaired) electrons. The summed E-state index contributed by atoms with van der Waals surface area (Å²) in [7, 11) is 0. The van der Waals surface area contributed by atoms with E-state index in [1.54, 1.807) is 0 Å². The van der Waals surface area contributed by atoms with Crippen molar-refractivity contribution in [1.29, 1.82) is 0 Å². The van der Waals surface area contributed by atoms with Crippen molar-refractivity contribution in [3.8, 4) is 0 Å². The lowest BCUT2D eigenvalue weighted by molar-refractivity contribution is -0.122. The first-order valence-electron chi connectivity index (χ1n) is 7.73. The van der Waals surface area contributed by atoms with Gasteiger partial charge in [0.1, 0.15) is 0 Å². The van der Waals surface area contributed by atoms with Crippen LogP contribution in [0.15, 0.2) is 5.38 Å². The van der Waals surface area contributed by atoms with Gasteiger partial charge in [0.15, 0.2) is 5.13 Å². The number of nitrogens with zero attached hydrogens (tertiary/aromatic N) is 2. The van der Waals surface area contributed by atoms with Gasteiger partial charge < -0.3 is 10.1 Å². The molecule has 116 valence electrons. The highest BCUT2D eigenvalue weighted by atomic mass is 32.1. The van der Waals surface area contributed by atoms with Crippen molar-refractivity contribution in [3.63, 3.8) is 0 Å². The summed E-state index contributed by atoms with van der Waals surface area (Å²) in [5, 5.41) is 5.72. The van der Waals surface area contributed by atoms with Gasteiger partial charge >= 0.3 is 0 Å². The van der Waals surface area contributed by atoms with Crippen LogP contribution in [0.3, 0.4) is 0 Å². The zero-order chi connectivity index (χ0) is 14.8. The lowest BCUT2D eigenvalue weighted by atomic mass is 9.85. The molecular formula is C15H23N3O2S. The van der Waals surface area contributed by atoms with Crippen LogP contribution in [-0.2, 0) is 16.1 Å². The second-order valence-corrected chi connectivity index (χ2v) is 7.07. The summed E-state index contributed by atoms with van der Waals surface area (Å²) in [5.74, 6) is 0.342. The van der Waals surface area contributed by atoms with Crippen LogP contribution in [0.1, 0.15) is 38.8 Å². The van der Waals surface area contributed by atoms with Gasteiger partial charge in [-0.15, -0.1) is 11.3 Å². The Morgan fingerprint density at radius 3 is 2.76 bits per heavy atom. The third-order valence-electron chi connectivity index (χ3n) is 4.14. The van der Waals surface area contributed by atoms with Gasteiger partial charge in [0.25, 0.3) is 0 Å². The molecule has 1 aliphatic carbocycles. The zero-order valence-electron chi connectivity index (χ0n) is 12.7. The largest absolute Gasteiger partial charge is 0.373 e. The van der Waals surface area contributed by atoms with E-state index in [4.69, 9.17) is 4.74 Å². The van der Waals surface area contributed by atoms with Crippen LogP contribution in [0.4, 0.5) is 5.13 Å². The van der Waals surface area contributed by atoms with Crippen molar-refractivity contribution < 1.29 is 9.53 Å². The van der Waals surface area contributed by atoms with E-state index >= 15 is 0 Å². The van der Waals surface area contributed by atoms with Crippen molar-refractivity contribution in [2.24, 2.45) is 5.92 Å². The number of aromatic nitrogens is 1. The summed E-state index contributed by atoms with van der Waals surface area (Å²) in [4.78, 5) is 18.8. The Hall–Kier alpha value is -0.980. The van der Waals surface area contributed by atoms with Gasteiger partial charge in [-0.25, -0.2) is 4.98 Å². The van der Waals surface area contributed by atoms with Crippen molar-refractivity contribution in [1.82, 2.24) is 9.88 Å². The number of thiazole rings is 1. The molecular weight excluding hydrogens is 286 g/mol. The maximum atomic E-state index is 11.9. The van der Waals surface area contributed by atoms with Crippen LogP contribution >= 0.6 is 11.3 Å². The Morgan fingerprint density at radius 1 is 1.43 bits per heavy atom. The average molecular weight is 309 g/mol.